The van der Waals surface area contributed by atoms with Gasteiger partial charge in [-0.15, -0.1) is 0 Å². The number of Topliss-reactive ketones (excluding diaryl/α,β-unsaturated/α-hetero) is 1. The summed E-state index contributed by atoms with van der Waals surface area (Å²) in [4.78, 5) is 27.4. The number of carbonyl (C=O) groups excluding carboxylic acids is 1. The van der Waals surface area contributed by atoms with Crippen molar-refractivity contribution in [1.29, 1.82) is 0 Å². The Hall–Kier alpha value is -3.18. The van der Waals surface area contributed by atoms with E-state index in [1.54, 1.807) is 24.3 Å². The number of ether oxygens (including phenoxy) is 1. The molecule has 29 heavy (non-hydrogen) atoms. The van der Waals surface area contributed by atoms with E-state index in [1.807, 2.05) is 50.2 Å². The molecule has 0 bridgehead atoms. The van der Waals surface area contributed by atoms with Crippen molar-refractivity contribution in [2.45, 2.75) is 32.8 Å². The van der Waals surface area contributed by atoms with Crippen molar-refractivity contribution in [3.63, 3.8) is 0 Å². The first-order valence-corrected chi connectivity index (χ1v) is 9.63. The summed E-state index contributed by atoms with van der Waals surface area (Å²) >= 11 is 0. The smallest absolute Gasteiger partial charge is 0.251 e. The van der Waals surface area contributed by atoms with Crippen LogP contribution in [0.2, 0.25) is 0 Å². The third kappa shape index (κ3) is 5.21. The summed E-state index contributed by atoms with van der Waals surface area (Å²) in [6.07, 6.45) is 0.157. The number of pyridine rings is 1. The van der Waals surface area contributed by atoms with E-state index in [9.17, 15) is 14.7 Å². The normalized spacial score (nSPS) is 11.8. The highest BCUT2D eigenvalue weighted by molar-refractivity contribution is 5.96. The number of ketones is 1. The van der Waals surface area contributed by atoms with Gasteiger partial charge in [0.25, 0.3) is 5.56 Å². The molecule has 0 amide bonds. The highest BCUT2D eigenvalue weighted by Crippen LogP contribution is 2.22. The van der Waals surface area contributed by atoms with E-state index in [4.69, 9.17) is 4.74 Å². The Bertz CT molecular complexity index is 1020. The lowest BCUT2D eigenvalue weighted by molar-refractivity contribution is 0.0982. The first-order valence-electron chi connectivity index (χ1n) is 9.63. The molecule has 1 unspecified atom stereocenters. The zero-order chi connectivity index (χ0) is 20.8. The van der Waals surface area contributed by atoms with Crippen molar-refractivity contribution in [2.24, 2.45) is 0 Å². The van der Waals surface area contributed by atoms with Crippen molar-refractivity contribution in [2.75, 3.05) is 6.61 Å². The molecule has 5 nitrogen and oxygen atoms in total. The number of carbonyl (C=O) groups is 1. The van der Waals surface area contributed by atoms with Gasteiger partial charge in [-0.25, -0.2) is 0 Å². The molecule has 3 aromatic rings. The molecule has 0 saturated heterocycles. The van der Waals surface area contributed by atoms with E-state index in [-0.39, 0.29) is 24.4 Å². The van der Waals surface area contributed by atoms with Gasteiger partial charge in [-0.1, -0.05) is 42.5 Å². The van der Waals surface area contributed by atoms with Gasteiger partial charge in [0, 0.05) is 23.2 Å². The fourth-order valence-corrected chi connectivity index (χ4v) is 3.33. The largest absolute Gasteiger partial charge is 0.483 e. The zero-order valence-corrected chi connectivity index (χ0v) is 16.6. The minimum Gasteiger partial charge on any atom is -0.483 e. The van der Waals surface area contributed by atoms with Gasteiger partial charge in [0.2, 0.25) is 0 Å². The molecule has 0 spiro atoms. The minimum atomic E-state index is -0.504. The highest BCUT2D eigenvalue weighted by Gasteiger charge is 2.14. The third-order valence-electron chi connectivity index (χ3n) is 4.89. The average Bonchev–Trinajstić information content (AvgIpc) is 2.72. The van der Waals surface area contributed by atoms with Crippen LogP contribution in [0.15, 0.2) is 65.5 Å². The summed E-state index contributed by atoms with van der Waals surface area (Å²) in [5.41, 5.74) is 3.60. The number of aliphatic hydroxyl groups excluding tert-OH is 1. The second-order valence-electron chi connectivity index (χ2n) is 7.09. The molecular formula is C24H25NO4. The Morgan fingerprint density at radius 2 is 1.76 bits per heavy atom. The molecule has 0 aliphatic heterocycles. The molecule has 0 saturated carbocycles. The minimum absolute atomic E-state index is 0.0274. The van der Waals surface area contributed by atoms with Crippen LogP contribution in [0.5, 0.6) is 5.75 Å². The number of H-pyrrole nitrogens is 1. The van der Waals surface area contributed by atoms with Crippen molar-refractivity contribution >= 4 is 5.78 Å². The molecule has 5 heteroatoms. The summed E-state index contributed by atoms with van der Waals surface area (Å²) in [6, 6.07) is 18.3. The molecular weight excluding hydrogens is 366 g/mol. The van der Waals surface area contributed by atoms with E-state index >= 15 is 0 Å². The van der Waals surface area contributed by atoms with Crippen molar-refractivity contribution in [1.82, 2.24) is 4.98 Å². The Balaban J connectivity index is 1.66. The lowest BCUT2D eigenvalue weighted by atomic mass is 9.99. The Labute approximate surface area is 170 Å². The number of nitrogens with one attached hydrogen (secondary N) is 1. The van der Waals surface area contributed by atoms with E-state index in [1.165, 1.54) is 0 Å². The Morgan fingerprint density at radius 3 is 2.38 bits per heavy atom. The predicted molar refractivity (Wildman–Crippen MR) is 113 cm³/mol. The predicted octanol–water partition coefficient (Wildman–Crippen LogP) is 3.92. The van der Waals surface area contributed by atoms with E-state index in [0.717, 1.165) is 16.8 Å². The van der Waals surface area contributed by atoms with Gasteiger partial charge in [0.05, 0.1) is 6.61 Å². The molecule has 0 aliphatic rings. The monoisotopic (exact) mass is 391 g/mol. The summed E-state index contributed by atoms with van der Waals surface area (Å²) in [6.45, 7) is 3.56. The number of aromatic nitrogens is 1. The molecule has 1 heterocycles. The summed E-state index contributed by atoms with van der Waals surface area (Å²) in [5, 5.41) is 9.68. The lowest BCUT2D eigenvalue weighted by Gasteiger charge is -2.17. The Kier molecular flexibility index (Phi) is 6.62. The fourth-order valence-electron chi connectivity index (χ4n) is 3.33. The van der Waals surface area contributed by atoms with Gasteiger partial charge in [0.15, 0.2) is 5.78 Å². The second kappa shape index (κ2) is 9.34. The van der Waals surface area contributed by atoms with Gasteiger partial charge in [-0.05, 0) is 49.6 Å². The number of benzene rings is 2. The van der Waals surface area contributed by atoms with Crippen molar-refractivity contribution < 1.29 is 14.6 Å². The second-order valence-corrected chi connectivity index (χ2v) is 7.09. The van der Waals surface area contributed by atoms with Crippen LogP contribution in [-0.2, 0) is 6.42 Å². The number of aliphatic hydroxyl groups is 1. The summed E-state index contributed by atoms with van der Waals surface area (Å²) in [7, 11) is 0. The molecule has 150 valence electrons. The highest BCUT2D eigenvalue weighted by atomic mass is 16.5. The topological polar surface area (TPSA) is 79.4 Å². The molecule has 0 aliphatic carbocycles. The van der Waals surface area contributed by atoms with Gasteiger partial charge < -0.3 is 14.8 Å². The van der Waals surface area contributed by atoms with Crippen LogP contribution < -0.4 is 10.3 Å². The van der Waals surface area contributed by atoms with Crippen LogP contribution in [-0.4, -0.2) is 22.5 Å². The van der Waals surface area contributed by atoms with Crippen molar-refractivity contribution in [3.05, 3.63) is 99.0 Å². The maximum atomic E-state index is 12.6. The van der Waals surface area contributed by atoms with Crippen LogP contribution in [0.3, 0.4) is 0 Å². The molecule has 1 atom stereocenters. The molecule has 0 fully saturated rings. The fraction of sp³-hybridized carbons (Fsp3) is 0.250. The zero-order valence-electron chi connectivity index (χ0n) is 16.6. The standard InChI is InChI=1S/C24H25NO4/c1-16-14-17(2)25-24(28)21(16)12-13-22(27)18-8-10-19(11-9-18)23(15-26)29-20-6-4-3-5-7-20/h3-11,14,23,26H,12-13,15H2,1-2H3,(H,25,28). The first-order chi connectivity index (χ1) is 14.0. The van der Waals surface area contributed by atoms with Crippen LogP contribution in [0.1, 0.15) is 45.3 Å². The van der Waals surface area contributed by atoms with Crippen molar-refractivity contribution in [3.8, 4) is 5.75 Å². The van der Waals surface area contributed by atoms with E-state index in [0.29, 0.717) is 23.3 Å². The third-order valence-corrected chi connectivity index (χ3v) is 4.89. The quantitative estimate of drug-likeness (QED) is 0.571. The molecule has 1 aromatic heterocycles. The Morgan fingerprint density at radius 1 is 1.07 bits per heavy atom. The van der Waals surface area contributed by atoms with Gasteiger partial charge in [0.1, 0.15) is 11.9 Å². The van der Waals surface area contributed by atoms with Crippen LogP contribution in [0.25, 0.3) is 0 Å². The first kappa shape index (κ1) is 20.6. The van der Waals surface area contributed by atoms with Gasteiger partial charge in [-0.2, -0.15) is 0 Å². The summed E-state index contributed by atoms with van der Waals surface area (Å²) < 4.78 is 5.82. The van der Waals surface area contributed by atoms with E-state index < -0.39 is 6.10 Å². The number of aromatic amines is 1. The SMILES string of the molecule is Cc1cc(C)c(CCC(=O)c2ccc(C(CO)Oc3ccccc3)cc2)c(=O)[nH]1. The van der Waals surface area contributed by atoms with Gasteiger partial charge >= 0.3 is 0 Å². The molecule has 2 N–H and O–H groups in total. The van der Waals surface area contributed by atoms with E-state index in [2.05, 4.69) is 4.98 Å². The van der Waals surface area contributed by atoms with Crippen LogP contribution in [0.4, 0.5) is 0 Å². The number of para-hydroxylation sites is 1. The number of rotatable bonds is 8. The maximum absolute atomic E-state index is 12.6. The number of aryl methyl sites for hydroxylation is 2. The van der Waals surface area contributed by atoms with Gasteiger partial charge in [-0.3, -0.25) is 9.59 Å². The van der Waals surface area contributed by atoms with Crippen LogP contribution >= 0.6 is 0 Å². The number of hydrogen-bond donors (Lipinski definition) is 2. The lowest BCUT2D eigenvalue weighted by Crippen LogP contribution is -2.17. The average molecular weight is 391 g/mol. The molecule has 2 aromatic carbocycles. The number of hydrogen-bond acceptors (Lipinski definition) is 4. The van der Waals surface area contributed by atoms with Crippen LogP contribution in [0, 0.1) is 13.8 Å². The molecule has 3 rings (SSSR count). The maximum Gasteiger partial charge on any atom is 0.251 e. The molecule has 0 radical (unpaired) electrons. The summed E-state index contributed by atoms with van der Waals surface area (Å²) in [5.74, 6) is 0.644.